The predicted octanol–water partition coefficient (Wildman–Crippen LogP) is 3.13. The smallest absolute Gasteiger partial charge is 0.319 e. The Labute approximate surface area is 185 Å². The lowest BCUT2D eigenvalue weighted by atomic mass is 9.74. The van der Waals surface area contributed by atoms with Gasteiger partial charge in [-0.2, -0.15) is 0 Å². The maximum absolute atomic E-state index is 13.2. The zero-order valence-electron chi connectivity index (χ0n) is 17.4. The molecule has 3 aliphatic rings. The molecule has 166 valence electrons. The molecule has 0 bridgehead atoms. The number of nitrogens with zero attached hydrogens (tertiary/aromatic N) is 2. The van der Waals surface area contributed by atoms with E-state index in [1.165, 1.54) is 0 Å². The summed E-state index contributed by atoms with van der Waals surface area (Å²) in [7, 11) is 0. The topological polar surface area (TPSA) is 98.1 Å². The van der Waals surface area contributed by atoms with E-state index < -0.39 is 5.54 Å². The normalized spacial score (nSPS) is 21.1. The van der Waals surface area contributed by atoms with Crippen molar-refractivity contribution in [1.29, 1.82) is 0 Å². The van der Waals surface area contributed by atoms with Gasteiger partial charge < -0.3 is 25.1 Å². The molecule has 31 heavy (non-hydrogen) atoms. The van der Waals surface area contributed by atoms with Crippen molar-refractivity contribution in [1.82, 2.24) is 15.1 Å². The van der Waals surface area contributed by atoms with E-state index in [1.807, 2.05) is 0 Å². The van der Waals surface area contributed by atoms with Crippen LogP contribution >= 0.6 is 11.6 Å². The summed E-state index contributed by atoms with van der Waals surface area (Å²) in [5.41, 5.74) is 1.55. The lowest BCUT2D eigenvalue weighted by molar-refractivity contribution is 0.0587. The van der Waals surface area contributed by atoms with E-state index in [-0.39, 0.29) is 24.3 Å². The van der Waals surface area contributed by atoms with Crippen molar-refractivity contribution >= 4 is 40.2 Å². The van der Waals surface area contributed by atoms with Gasteiger partial charge in [-0.25, -0.2) is 4.79 Å². The van der Waals surface area contributed by atoms with Gasteiger partial charge in [0, 0.05) is 43.7 Å². The van der Waals surface area contributed by atoms with Crippen molar-refractivity contribution < 1.29 is 19.1 Å². The first-order chi connectivity index (χ1) is 15.0. The molecule has 3 amide bonds. The fraction of sp³-hybridized carbons (Fsp3) is 0.545. The number of halogens is 1. The molecular weight excluding hydrogens is 420 g/mol. The SMILES string of the molecule is O=C1Nc2c(Cl)cc3cc(C(=O)N4CCN(CCO)CC4)oc3c2C2(CCCCC2)N1. The third-order valence-electron chi connectivity index (χ3n) is 6.82. The third-order valence-corrected chi connectivity index (χ3v) is 7.12. The van der Waals surface area contributed by atoms with Crippen LogP contribution in [0.25, 0.3) is 11.0 Å². The number of aliphatic hydroxyl groups is 1. The molecule has 9 heteroatoms. The van der Waals surface area contributed by atoms with E-state index in [0.717, 1.165) is 56.1 Å². The van der Waals surface area contributed by atoms with Crippen molar-refractivity contribution in [3.63, 3.8) is 0 Å². The van der Waals surface area contributed by atoms with Gasteiger partial charge in [-0.05, 0) is 25.0 Å². The molecule has 1 aromatic carbocycles. The van der Waals surface area contributed by atoms with Crippen molar-refractivity contribution in [2.45, 2.75) is 37.6 Å². The molecule has 2 fully saturated rings. The first-order valence-electron chi connectivity index (χ1n) is 11.0. The summed E-state index contributed by atoms with van der Waals surface area (Å²) >= 11 is 6.57. The van der Waals surface area contributed by atoms with E-state index >= 15 is 0 Å². The van der Waals surface area contributed by atoms with Gasteiger partial charge in [0.2, 0.25) is 0 Å². The highest BCUT2D eigenvalue weighted by atomic mass is 35.5. The second kappa shape index (κ2) is 8.00. The summed E-state index contributed by atoms with van der Waals surface area (Å²) in [5.74, 6) is 0.146. The summed E-state index contributed by atoms with van der Waals surface area (Å²) in [6, 6.07) is 3.27. The van der Waals surface area contributed by atoms with Gasteiger partial charge >= 0.3 is 6.03 Å². The maximum Gasteiger partial charge on any atom is 0.319 e. The van der Waals surface area contributed by atoms with Crippen LogP contribution in [0.15, 0.2) is 16.5 Å². The average molecular weight is 447 g/mol. The van der Waals surface area contributed by atoms with Crippen LogP contribution in [0.4, 0.5) is 10.5 Å². The number of nitrogens with one attached hydrogen (secondary N) is 2. The van der Waals surface area contributed by atoms with E-state index in [2.05, 4.69) is 15.5 Å². The Balaban J connectivity index is 1.52. The molecule has 8 nitrogen and oxygen atoms in total. The molecule has 1 aliphatic carbocycles. The van der Waals surface area contributed by atoms with E-state index in [9.17, 15) is 9.59 Å². The lowest BCUT2D eigenvalue weighted by Crippen LogP contribution is -2.52. The van der Waals surface area contributed by atoms with E-state index in [1.54, 1.807) is 17.0 Å². The van der Waals surface area contributed by atoms with E-state index in [4.69, 9.17) is 21.1 Å². The van der Waals surface area contributed by atoms with Crippen LogP contribution in [0.5, 0.6) is 0 Å². The number of hydrogen-bond acceptors (Lipinski definition) is 5. The molecule has 2 aromatic rings. The number of piperazine rings is 1. The number of carbonyl (C=O) groups is 2. The van der Waals surface area contributed by atoms with Gasteiger partial charge in [0.15, 0.2) is 5.76 Å². The molecule has 5 rings (SSSR count). The van der Waals surface area contributed by atoms with Crippen LogP contribution in [0.1, 0.15) is 48.2 Å². The number of anilines is 1. The minimum absolute atomic E-state index is 0.121. The molecule has 0 unspecified atom stereocenters. The molecule has 3 N–H and O–H groups in total. The van der Waals surface area contributed by atoms with Crippen LogP contribution in [-0.4, -0.2) is 66.2 Å². The Morgan fingerprint density at radius 1 is 1.16 bits per heavy atom. The fourth-order valence-electron chi connectivity index (χ4n) is 5.26. The molecule has 0 atom stereocenters. The minimum atomic E-state index is -0.521. The van der Waals surface area contributed by atoms with Gasteiger partial charge in [0.1, 0.15) is 5.58 Å². The Morgan fingerprint density at radius 2 is 1.90 bits per heavy atom. The summed E-state index contributed by atoms with van der Waals surface area (Å²) in [6.07, 6.45) is 4.80. The monoisotopic (exact) mass is 446 g/mol. The third kappa shape index (κ3) is 3.56. The summed E-state index contributed by atoms with van der Waals surface area (Å²) in [4.78, 5) is 29.5. The van der Waals surface area contributed by atoms with Gasteiger partial charge in [-0.1, -0.05) is 30.9 Å². The standard InChI is InChI=1S/C22H27ClN4O4/c23-15-12-14-13-16(20(29)27-8-6-26(7-9-27)10-11-28)31-19(14)17-18(15)24-21(30)25-22(17)4-2-1-3-5-22/h12-13,28H,1-11H2,(H2,24,25,30). The fourth-order valence-corrected chi connectivity index (χ4v) is 5.52. The number of carbonyl (C=O) groups excluding carboxylic acids is 2. The highest BCUT2D eigenvalue weighted by Gasteiger charge is 2.44. The molecule has 3 heterocycles. The number of fused-ring (bicyclic) bond motifs is 4. The first kappa shape index (κ1) is 20.6. The van der Waals surface area contributed by atoms with Crippen molar-refractivity contribution in [3.8, 4) is 0 Å². The molecular formula is C22H27ClN4O4. The summed E-state index contributed by atoms with van der Waals surface area (Å²) in [6.45, 7) is 3.39. The Hall–Kier alpha value is -2.29. The number of hydrogen-bond donors (Lipinski definition) is 3. The highest BCUT2D eigenvalue weighted by molar-refractivity contribution is 6.35. The molecule has 0 radical (unpaired) electrons. The maximum atomic E-state index is 13.2. The molecule has 1 saturated heterocycles. The predicted molar refractivity (Wildman–Crippen MR) is 118 cm³/mol. The van der Waals surface area contributed by atoms with Gasteiger partial charge in [0.25, 0.3) is 5.91 Å². The van der Waals surface area contributed by atoms with Crippen LogP contribution in [0.3, 0.4) is 0 Å². The van der Waals surface area contributed by atoms with E-state index in [0.29, 0.717) is 35.9 Å². The molecule has 1 aromatic heterocycles. The summed E-state index contributed by atoms with van der Waals surface area (Å²) in [5, 5.41) is 16.3. The second-order valence-corrected chi connectivity index (χ2v) is 9.12. The van der Waals surface area contributed by atoms with Crippen molar-refractivity contribution in [2.24, 2.45) is 0 Å². The number of β-amino-alcohol motifs (C(OH)–C–C–N with tert-alkyl or cyclic N) is 1. The number of urea groups is 1. The average Bonchev–Trinajstić information content (AvgIpc) is 3.18. The van der Waals surface area contributed by atoms with Crippen LogP contribution in [0.2, 0.25) is 5.02 Å². The van der Waals surface area contributed by atoms with Crippen molar-refractivity contribution in [2.75, 3.05) is 44.6 Å². The van der Waals surface area contributed by atoms with Gasteiger partial charge in [-0.3, -0.25) is 9.69 Å². The number of furan rings is 1. The number of aliphatic hydroxyl groups excluding tert-OH is 1. The molecule has 1 saturated carbocycles. The Morgan fingerprint density at radius 3 is 2.61 bits per heavy atom. The first-order valence-corrected chi connectivity index (χ1v) is 11.4. The zero-order valence-corrected chi connectivity index (χ0v) is 18.1. The van der Waals surface area contributed by atoms with Gasteiger partial charge in [0.05, 0.1) is 22.9 Å². The Kier molecular flexibility index (Phi) is 5.32. The molecule has 1 spiro atoms. The van der Waals surface area contributed by atoms with Crippen molar-refractivity contribution in [3.05, 3.63) is 28.5 Å². The van der Waals surface area contributed by atoms with Gasteiger partial charge in [-0.15, -0.1) is 0 Å². The second-order valence-electron chi connectivity index (χ2n) is 8.72. The quantitative estimate of drug-likeness (QED) is 0.672. The largest absolute Gasteiger partial charge is 0.450 e. The van der Waals surface area contributed by atoms with Crippen LogP contribution in [0, 0.1) is 0 Å². The zero-order chi connectivity index (χ0) is 21.6. The number of amides is 3. The minimum Gasteiger partial charge on any atom is -0.450 e. The van der Waals surface area contributed by atoms with Crippen LogP contribution < -0.4 is 10.6 Å². The number of rotatable bonds is 3. The van der Waals surface area contributed by atoms with Crippen LogP contribution in [-0.2, 0) is 5.54 Å². The lowest BCUT2D eigenvalue weighted by Gasteiger charge is -2.42. The highest BCUT2D eigenvalue weighted by Crippen LogP contribution is 2.49. The Bertz CT molecular complexity index is 1020. The molecule has 2 aliphatic heterocycles. The summed E-state index contributed by atoms with van der Waals surface area (Å²) < 4.78 is 6.18. The number of benzene rings is 1.